The summed E-state index contributed by atoms with van der Waals surface area (Å²) in [5.74, 6) is 0.408. The first-order chi connectivity index (χ1) is 8.61. The molecule has 0 fully saturated rings. The van der Waals surface area contributed by atoms with Gasteiger partial charge in [0, 0.05) is 6.08 Å². The van der Waals surface area contributed by atoms with Gasteiger partial charge in [0.2, 0.25) is 0 Å². The molecule has 0 atom stereocenters. The summed E-state index contributed by atoms with van der Waals surface area (Å²) in [5, 5.41) is 0. The predicted octanol–water partition coefficient (Wildman–Crippen LogP) is 3.22. The third kappa shape index (κ3) is 5.34. The van der Waals surface area contributed by atoms with Crippen molar-refractivity contribution in [3.05, 3.63) is 47.6 Å². The molecule has 0 radical (unpaired) electrons. The molecular weight excluding hydrogens is 228 g/mol. The minimum absolute atomic E-state index is 0.370. The van der Waals surface area contributed by atoms with E-state index in [1.54, 1.807) is 6.08 Å². The number of carbonyl (C=O) groups is 1. The van der Waals surface area contributed by atoms with Crippen LogP contribution >= 0.6 is 0 Å². The molecule has 1 aromatic carbocycles. The number of methoxy groups -OCH3 is 1. The summed E-state index contributed by atoms with van der Waals surface area (Å²) in [5.41, 5.74) is 2.12. The molecule has 1 rings (SSSR count). The molecule has 0 unspecified atom stereocenters. The van der Waals surface area contributed by atoms with Crippen molar-refractivity contribution in [1.29, 1.82) is 0 Å². The van der Waals surface area contributed by atoms with Crippen LogP contribution in [0, 0.1) is 0 Å². The predicted molar refractivity (Wildman–Crippen MR) is 72.4 cm³/mol. The molecule has 0 N–H and O–H groups in total. The van der Waals surface area contributed by atoms with Crippen LogP contribution in [0.3, 0.4) is 0 Å². The van der Waals surface area contributed by atoms with Crippen LogP contribution in [0.5, 0.6) is 5.75 Å². The summed E-state index contributed by atoms with van der Waals surface area (Å²) < 4.78 is 10.1. The first kappa shape index (κ1) is 14.0. The summed E-state index contributed by atoms with van der Waals surface area (Å²) in [6.45, 7) is 4.60. The molecular formula is C15H18O3. The minimum atomic E-state index is -0.370. The monoisotopic (exact) mass is 246 g/mol. The van der Waals surface area contributed by atoms with E-state index < -0.39 is 0 Å². The Bertz CT molecular complexity index is 455. The zero-order valence-electron chi connectivity index (χ0n) is 11.0. The number of hydrogen-bond acceptors (Lipinski definition) is 3. The zero-order valence-corrected chi connectivity index (χ0v) is 11.0. The molecule has 1 aromatic rings. The minimum Gasteiger partial charge on any atom is -0.490 e. The second-order valence-corrected chi connectivity index (χ2v) is 4.02. The fourth-order valence-corrected chi connectivity index (χ4v) is 1.24. The second-order valence-electron chi connectivity index (χ2n) is 4.02. The number of esters is 1. The van der Waals surface area contributed by atoms with Crippen LogP contribution in [0.1, 0.15) is 19.4 Å². The lowest BCUT2D eigenvalue weighted by Crippen LogP contribution is -1.95. The van der Waals surface area contributed by atoms with Gasteiger partial charge in [0.1, 0.15) is 12.4 Å². The quantitative estimate of drug-likeness (QED) is 0.454. The van der Waals surface area contributed by atoms with E-state index in [-0.39, 0.29) is 5.97 Å². The van der Waals surface area contributed by atoms with E-state index in [1.807, 2.05) is 44.2 Å². The molecule has 0 aromatic heterocycles. The highest BCUT2D eigenvalue weighted by atomic mass is 16.5. The Morgan fingerprint density at radius 2 is 2.11 bits per heavy atom. The first-order valence-electron chi connectivity index (χ1n) is 5.74. The SMILES string of the molecule is COC(=O)/C=C/c1cccc(OCC=C(C)C)c1. The Morgan fingerprint density at radius 3 is 2.78 bits per heavy atom. The maximum absolute atomic E-state index is 11.0. The van der Waals surface area contributed by atoms with Crippen molar-refractivity contribution >= 4 is 12.0 Å². The molecule has 0 saturated heterocycles. The van der Waals surface area contributed by atoms with E-state index >= 15 is 0 Å². The molecule has 0 aliphatic carbocycles. The molecule has 0 aliphatic heterocycles. The molecule has 3 heteroatoms. The maximum atomic E-state index is 11.0. The number of benzene rings is 1. The molecule has 0 aliphatic rings. The second kappa shape index (κ2) is 7.33. The summed E-state index contributed by atoms with van der Waals surface area (Å²) in [4.78, 5) is 11.0. The molecule has 0 saturated carbocycles. The molecule has 96 valence electrons. The van der Waals surface area contributed by atoms with Crippen LogP contribution in [0.15, 0.2) is 42.0 Å². The van der Waals surface area contributed by atoms with Crippen molar-refractivity contribution in [1.82, 2.24) is 0 Å². The van der Waals surface area contributed by atoms with Crippen molar-refractivity contribution in [3.63, 3.8) is 0 Å². The zero-order chi connectivity index (χ0) is 13.4. The average Bonchev–Trinajstić information content (AvgIpc) is 2.36. The number of rotatable bonds is 5. The van der Waals surface area contributed by atoms with E-state index in [1.165, 1.54) is 18.8 Å². The van der Waals surface area contributed by atoms with Gasteiger partial charge in [0.15, 0.2) is 0 Å². The lowest BCUT2D eigenvalue weighted by molar-refractivity contribution is -0.134. The maximum Gasteiger partial charge on any atom is 0.330 e. The normalized spacial score (nSPS) is 10.2. The summed E-state index contributed by atoms with van der Waals surface area (Å²) in [7, 11) is 1.35. The van der Waals surface area contributed by atoms with Crippen LogP contribution in [0.2, 0.25) is 0 Å². The smallest absolute Gasteiger partial charge is 0.330 e. The van der Waals surface area contributed by atoms with Gasteiger partial charge in [-0.15, -0.1) is 0 Å². The molecule has 0 heterocycles. The number of ether oxygens (including phenoxy) is 2. The van der Waals surface area contributed by atoms with E-state index in [0.717, 1.165) is 11.3 Å². The molecule has 18 heavy (non-hydrogen) atoms. The Balaban J connectivity index is 2.65. The van der Waals surface area contributed by atoms with Gasteiger partial charge < -0.3 is 9.47 Å². The lowest BCUT2D eigenvalue weighted by atomic mass is 10.2. The van der Waals surface area contributed by atoms with Gasteiger partial charge in [-0.05, 0) is 43.7 Å². The van der Waals surface area contributed by atoms with Gasteiger partial charge in [-0.2, -0.15) is 0 Å². The highest BCUT2D eigenvalue weighted by Gasteiger charge is 1.95. The largest absolute Gasteiger partial charge is 0.490 e. The first-order valence-corrected chi connectivity index (χ1v) is 5.74. The summed E-state index contributed by atoms with van der Waals surface area (Å²) in [6.07, 6.45) is 5.09. The van der Waals surface area contributed by atoms with Gasteiger partial charge in [-0.25, -0.2) is 4.79 Å². The number of hydrogen-bond donors (Lipinski definition) is 0. The Morgan fingerprint density at radius 1 is 1.33 bits per heavy atom. The highest BCUT2D eigenvalue weighted by Crippen LogP contribution is 2.14. The standard InChI is InChI=1S/C15H18O3/c1-12(2)9-10-18-14-6-4-5-13(11-14)7-8-15(16)17-3/h4-9,11H,10H2,1-3H3/b8-7+. The molecule has 0 amide bonds. The van der Waals surface area contributed by atoms with Crippen molar-refractivity contribution < 1.29 is 14.3 Å². The van der Waals surface area contributed by atoms with Crippen molar-refractivity contribution in [2.75, 3.05) is 13.7 Å². The Hall–Kier alpha value is -2.03. The molecule has 3 nitrogen and oxygen atoms in total. The summed E-state index contributed by atoms with van der Waals surface area (Å²) >= 11 is 0. The topological polar surface area (TPSA) is 35.5 Å². The van der Waals surface area contributed by atoms with Crippen molar-refractivity contribution in [2.24, 2.45) is 0 Å². The van der Waals surface area contributed by atoms with Crippen molar-refractivity contribution in [3.8, 4) is 5.75 Å². The number of carbonyl (C=O) groups excluding carboxylic acids is 1. The van der Waals surface area contributed by atoms with Crippen LogP contribution in [0.25, 0.3) is 6.08 Å². The van der Waals surface area contributed by atoms with E-state index in [0.29, 0.717) is 6.61 Å². The summed E-state index contributed by atoms with van der Waals surface area (Å²) in [6, 6.07) is 7.54. The van der Waals surface area contributed by atoms with Crippen molar-refractivity contribution in [2.45, 2.75) is 13.8 Å². The fraction of sp³-hybridized carbons (Fsp3) is 0.267. The third-order valence-corrected chi connectivity index (χ3v) is 2.21. The van der Waals surface area contributed by atoms with E-state index in [9.17, 15) is 4.79 Å². The molecule has 0 spiro atoms. The van der Waals surface area contributed by atoms with Crippen LogP contribution in [-0.2, 0) is 9.53 Å². The fourth-order valence-electron chi connectivity index (χ4n) is 1.24. The number of allylic oxidation sites excluding steroid dienone is 1. The van der Waals surface area contributed by atoms with E-state index in [2.05, 4.69) is 4.74 Å². The van der Waals surface area contributed by atoms with Gasteiger partial charge in [0.05, 0.1) is 7.11 Å². The van der Waals surface area contributed by atoms with Gasteiger partial charge in [-0.1, -0.05) is 17.7 Å². The lowest BCUT2D eigenvalue weighted by Gasteiger charge is -2.04. The van der Waals surface area contributed by atoms with Gasteiger partial charge in [-0.3, -0.25) is 0 Å². The van der Waals surface area contributed by atoms with Gasteiger partial charge in [0.25, 0.3) is 0 Å². The van der Waals surface area contributed by atoms with Crippen LogP contribution < -0.4 is 4.74 Å². The third-order valence-electron chi connectivity index (χ3n) is 2.21. The molecule has 0 bridgehead atoms. The average molecular weight is 246 g/mol. The Labute approximate surface area is 108 Å². The Kier molecular flexibility index (Phi) is 5.71. The van der Waals surface area contributed by atoms with Crippen LogP contribution in [-0.4, -0.2) is 19.7 Å². The highest BCUT2D eigenvalue weighted by molar-refractivity contribution is 5.86. The van der Waals surface area contributed by atoms with Crippen LogP contribution in [0.4, 0.5) is 0 Å². The van der Waals surface area contributed by atoms with Gasteiger partial charge >= 0.3 is 5.97 Å². The van der Waals surface area contributed by atoms with E-state index in [4.69, 9.17) is 4.74 Å².